The van der Waals surface area contributed by atoms with Gasteiger partial charge < -0.3 is 5.73 Å². The number of aromatic nitrogens is 2. The van der Waals surface area contributed by atoms with E-state index in [2.05, 4.69) is 37.0 Å². The lowest BCUT2D eigenvalue weighted by Crippen LogP contribution is -2.12. The number of nitrogens with two attached hydrogens (primary N) is 1. The van der Waals surface area contributed by atoms with Crippen LogP contribution >= 0.6 is 0 Å². The van der Waals surface area contributed by atoms with E-state index in [9.17, 15) is 0 Å². The summed E-state index contributed by atoms with van der Waals surface area (Å²) in [5, 5.41) is 0. The maximum absolute atomic E-state index is 6.12. The van der Waals surface area contributed by atoms with Gasteiger partial charge in [-0.15, -0.1) is 0 Å². The average molecular weight is 253 g/mol. The van der Waals surface area contributed by atoms with Crippen molar-refractivity contribution in [2.45, 2.75) is 39.5 Å². The molecule has 1 aliphatic carbocycles. The van der Waals surface area contributed by atoms with E-state index in [1.165, 1.54) is 29.5 Å². The molecule has 2 aromatic rings. The normalized spacial score (nSPS) is 14.2. The molecule has 0 aliphatic heterocycles. The van der Waals surface area contributed by atoms with Crippen LogP contribution in [0.2, 0.25) is 0 Å². The van der Waals surface area contributed by atoms with E-state index in [-0.39, 0.29) is 0 Å². The SMILES string of the molecule is Cc1cccc(-c2nc(N)c3c(n2)CCCC3)c1C. The minimum Gasteiger partial charge on any atom is -0.383 e. The van der Waals surface area contributed by atoms with Gasteiger partial charge in [0.25, 0.3) is 0 Å². The van der Waals surface area contributed by atoms with Crippen LogP contribution in [0.3, 0.4) is 0 Å². The number of hydrogen-bond acceptors (Lipinski definition) is 3. The van der Waals surface area contributed by atoms with Crippen molar-refractivity contribution in [3.05, 3.63) is 40.6 Å². The Labute approximate surface area is 113 Å². The number of benzene rings is 1. The second kappa shape index (κ2) is 4.65. The zero-order valence-electron chi connectivity index (χ0n) is 11.5. The van der Waals surface area contributed by atoms with Gasteiger partial charge in [-0.2, -0.15) is 0 Å². The lowest BCUT2D eigenvalue weighted by Gasteiger charge is -2.18. The fraction of sp³-hybridized carbons (Fsp3) is 0.375. The van der Waals surface area contributed by atoms with Crippen LogP contribution in [0.5, 0.6) is 0 Å². The van der Waals surface area contributed by atoms with E-state index in [1.54, 1.807) is 0 Å². The molecule has 0 radical (unpaired) electrons. The summed E-state index contributed by atoms with van der Waals surface area (Å²) in [6.45, 7) is 4.23. The minimum absolute atomic E-state index is 0.667. The Bertz CT molecular complexity index is 632. The highest BCUT2D eigenvalue weighted by atomic mass is 15.0. The van der Waals surface area contributed by atoms with Gasteiger partial charge in [-0.05, 0) is 50.7 Å². The fourth-order valence-corrected chi connectivity index (χ4v) is 2.74. The van der Waals surface area contributed by atoms with Crippen LogP contribution in [0.15, 0.2) is 18.2 Å². The van der Waals surface area contributed by atoms with Crippen molar-refractivity contribution in [1.82, 2.24) is 9.97 Å². The summed E-state index contributed by atoms with van der Waals surface area (Å²) in [6, 6.07) is 6.24. The van der Waals surface area contributed by atoms with Crippen LogP contribution in [0, 0.1) is 13.8 Å². The molecule has 0 saturated carbocycles. The number of hydrogen-bond donors (Lipinski definition) is 1. The van der Waals surface area contributed by atoms with Gasteiger partial charge in [0.15, 0.2) is 5.82 Å². The quantitative estimate of drug-likeness (QED) is 0.849. The van der Waals surface area contributed by atoms with Gasteiger partial charge in [0.2, 0.25) is 0 Å². The van der Waals surface area contributed by atoms with Crippen molar-refractivity contribution in [2.24, 2.45) is 0 Å². The molecule has 3 heteroatoms. The standard InChI is InChI=1S/C16H19N3/c1-10-6-5-8-12(11(10)2)16-18-14-9-4-3-7-13(14)15(17)19-16/h5-6,8H,3-4,7,9H2,1-2H3,(H2,17,18,19). The molecule has 19 heavy (non-hydrogen) atoms. The molecule has 98 valence electrons. The molecule has 0 fully saturated rings. The fourth-order valence-electron chi connectivity index (χ4n) is 2.74. The first-order valence-corrected chi connectivity index (χ1v) is 6.88. The smallest absolute Gasteiger partial charge is 0.162 e. The molecule has 0 amide bonds. The van der Waals surface area contributed by atoms with Crippen molar-refractivity contribution in [3.63, 3.8) is 0 Å². The van der Waals surface area contributed by atoms with Gasteiger partial charge in [0.1, 0.15) is 5.82 Å². The highest BCUT2D eigenvalue weighted by Gasteiger charge is 2.17. The lowest BCUT2D eigenvalue weighted by atomic mass is 9.96. The third-order valence-electron chi connectivity index (χ3n) is 4.06. The number of nitrogens with zero attached hydrogens (tertiary/aromatic N) is 2. The Hall–Kier alpha value is -1.90. The summed E-state index contributed by atoms with van der Waals surface area (Å²) in [5.74, 6) is 1.44. The summed E-state index contributed by atoms with van der Waals surface area (Å²) in [6.07, 6.45) is 4.45. The largest absolute Gasteiger partial charge is 0.383 e. The summed E-state index contributed by atoms with van der Waals surface area (Å²) in [5.41, 5.74) is 12.0. The molecule has 1 aromatic heterocycles. The van der Waals surface area contributed by atoms with Crippen molar-refractivity contribution >= 4 is 5.82 Å². The predicted octanol–water partition coefficient (Wildman–Crippen LogP) is 3.22. The van der Waals surface area contributed by atoms with Crippen molar-refractivity contribution in [1.29, 1.82) is 0 Å². The predicted molar refractivity (Wildman–Crippen MR) is 78.0 cm³/mol. The van der Waals surface area contributed by atoms with E-state index >= 15 is 0 Å². The third-order valence-corrected chi connectivity index (χ3v) is 4.06. The van der Waals surface area contributed by atoms with Gasteiger partial charge in [-0.3, -0.25) is 0 Å². The Kier molecular flexibility index (Phi) is 2.97. The summed E-state index contributed by atoms with van der Waals surface area (Å²) in [7, 11) is 0. The summed E-state index contributed by atoms with van der Waals surface area (Å²) in [4.78, 5) is 9.28. The second-order valence-corrected chi connectivity index (χ2v) is 5.31. The number of nitrogen functional groups attached to an aromatic ring is 1. The first-order chi connectivity index (χ1) is 9.16. The second-order valence-electron chi connectivity index (χ2n) is 5.31. The Morgan fingerprint density at radius 2 is 1.84 bits per heavy atom. The van der Waals surface area contributed by atoms with E-state index < -0.39 is 0 Å². The molecule has 3 rings (SSSR count). The molecule has 1 aromatic carbocycles. The summed E-state index contributed by atoms with van der Waals surface area (Å²) >= 11 is 0. The van der Waals surface area contributed by atoms with Crippen LogP contribution < -0.4 is 5.73 Å². The zero-order chi connectivity index (χ0) is 13.4. The Morgan fingerprint density at radius 3 is 2.68 bits per heavy atom. The molecular formula is C16H19N3. The molecule has 2 N–H and O–H groups in total. The molecule has 0 unspecified atom stereocenters. The van der Waals surface area contributed by atoms with E-state index in [0.717, 1.165) is 29.9 Å². The Morgan fingerprint density at radius 1 is 1.05 bits per heavy atom. The van der Waals surface area contributed by atoms with Gasteiger partial charge in [-0.1, -0.05) is 18.2 Å². The zero-order valence-corrected chi connectivity index (χ0v) is 11.5. The van der Waals surface area contributed by atoms with Crippen LogP contribution in [0.25, 0.3) is 11.4 Å². The van der Waals surface area contributed by atoms with E-state index in [4.69, 9.17) is 10.7 Å². The van der Waals surface area contributed by atoms with Gasteiger partial charge in [0.05, 0.1) is 0 Å². The molecule has 0 saturated heterocycles. The van der Waals surface area contributed by atoms with Gasteiger partial charge in [0, 0.05) is 16.8 Å². The van der Waals surface area contributed by atoms with Crippen molar-refractivity contribution in [3.8, 4) is 11.4 Å². The number of aryl methyl sites for hydroxylation is 2. The maximum atomic E-state index is 6.12. The topological polar surface area (TPSA) is 51.8 Å². The number of rotatable bonds is 1. The van der Waals surface area contributed by atoms with Crippen LogP contribution in [0.1, 0.15) is 35.2 Å². The van der Waals surface area contributed by atoms with Crippen LogP contribution in [0.4, 0.5) is 5.82 Å². The summed E-state index contributed by atoms with van der Waals surface area (Å²) < 4.78 is 0. The Balaban J connectivity index is 2.16. The monoisotopic (exact) mass is 253 g/mol. The maximum Gasteiger partial charge on any atom is 0.162 e. The van der Waals surface area contributed by atoms with Gasteiger partial charge in [-0.25, -0.2) is 9.97 Å². The molecule has 0 bridgehead atoms. The van der Waals surface area contributed by atoms with Crippen LogP contribution in [-0.2, 0) is 12.8 Å². The minimum atomic E-state index is 0.667. The number of fused-ring (bicyclic) bond motifs is 1. The van der Waals surface area contributed by atoms with Gasteiger partial charge >= 0.3 is 0 Å². The molecule has 0 atom stereocenters. The van der Waals surface area contributed by atoms with E-state index in [1.807, 2.05) is 0 Å². The lowest BCUT2D eigenvalue weighted by molar-refractivity contribution is 0.666. The molecule has 0 spiro atoms. The van der Waals surface area contributed by atoms with Crippen molar-refractivity contribution < 1.29 is 0 Å². The molecular weight excluding hydrogens is 234 g/mol. The van der Waals surface area contributed by atoms with Crippen LogP contribution in [-0.4, -0.2) is 9.97 Å². The molecule has 1 heterocycles. The first-order valence-electron chi connectivity index (χ1n) is 6.88. The highest BCUT2D eigenvalue weighted by molar-refractivity contribution is 5.64. The highest BCUT2D eigenvalue weighted by Crippen LogP contribution is 2.28. The van der Waals surface area contributed by atoms with Crippen molar-refractivity contribution in [2.75, 3.05) is 5.73 Å². The molecule has 1 aliphatic rings. The molecule has 3 nitrogen and oxygen atoms in total. The number of anilines is 1. The average Bonchev–Trinajstić information content (AvgIpc) is 2.42. The third kappa shape index (κ3) is 2.09. The van der Waals surface area contributed by atoms with E-state index in [0.29, 0.717) is 5.82 Å². The first kappa shape index (κ1) is 12.2.